The number of aromatic amines is 1. The van der Waals surface area contributed by atoms with E-state index < -0.39 is 0 Å². The number of amides is 1. The van der Waals surface area contributed by atoms with E-state index in [0.717, 1.165) is 42.0 Å². The fraction of sp³-hybridized carbons (Fsp3) is 0.250. The highest BCUT2D eigenvalue weighted by Crippen LogP contribution is 2.30. The number of para-hydroxylation sites is 1. The molecule has 8 heteroatoms. The number of aryl methyl sites for hydroxylation is 3. The molecule has 0 atom stereocenters. The van der Waals surface area contributed by atoms with Crippen LogP contribution in [0.2, 0.25) is 0 Å². The minimum atomic E-state index is -0.129. The first-order valence-electron chi connectivity index (χ1n) is 10.8. The quantitative estimate of drug-likeness (QED) is 0.412. The van der Waals surface area contributed by atoms with Crippen LogP contribution in [0.15, 0.2) is 59.8 Å². The van der Waals surface area contributed by atoms with Gasteiger partial charge in [0.25, 0.3) is 0 Å². The third-order valence-electron chi connectivity index (χ3n) is 5.55. The van der Waals surface area contributed by atoms with Crippen LogP contribution in [-0.2, 0) is 24.1 Å². The predicted molar refractivity (Wildman–Crippen MR) is 126 cm³/mol. The zero-order chi connectivity index (χ0) is 21.9. The molecule has 4 aromatic rings. The van der Waals surface area contributed by atoms with Crippen LogP contribution in [0.5, 0.6) is 0 Å². The summed E-state index contributed by atoms with van der Waals surface area (Å²) in [6.45, 7) is 2.00. The number of hydrogen-bond acceptors (Lipinski definition) is 5. The molecule has 5 rings (SSSR count). The first-order chi connectivity index (χ1) is 15.7. The number of hydrogen-bond donors (Lipinski definition) is 2. The highest BCUT2D eigenvalue weighted by molar-refractivity contribution is 7.99. The number of benzene rings is 2. The summed E-state index contributed by atoms with van der Waals surface area (Å²) in [6, 6.07) is 18.3. The van der Waals surface area contributed by atoms with Crippen LogP contribution in [-0.4, -0.2) is 36.6 Å². The summed E-state index contributed by atoms with van der Waals surface area (Å²) in [7, 11) is 0. The van der Waals surface area contributed by atoms with Gasteiger partial charge in [0.15, 0.2) is 0 Å². The smallest absolute Gasteiger partial charge is 0.236 e. The second-order valence-electron chi connectivity index (χ2n) is 7.75. The number of anilines is 1. The van der Waals surface area contributed by atoms with Gasteiger partial charge in [0.2, 0.25) is 11.1 Å². The number of carbonyl (C=O) groups is 1. The van der Waals surface area contributed by atoms with Gasteiger partial charge in [-0.1, -0.05) is 49.0 Å². The summed E-state index contributed by atoms with van der Waals surface area (Å²) in [5.41, 5.74) is 5.63. The van der Waals surface area contributed by atoms with Crippen molar-refractivity contribution in [2.75, 3.05) is 11.1 Å². The van der Waals surface area contributed by atoms with Crippen molar-refractivity contribution in [3.8, 4) is 16.9 Å². The van der Waals surface area contributed by atoms with E-state index in [-0.39, 0.29) is 11.7 Å². The maximum Gasteiger partial charge on any atom is 0.236 e. The number of aromatic nitrogens is 5. The minimum absolute atomic E-state index is 0.129. The third kappa shape index (κ3) is 4.31. The first kappa shape index (κ1) is 20.5. The van der Waals surface area contributed by atoms with Crippen molar-refractivity contribution >= 4 is 23.5 Å². The van der Waals surface area contributed by atoms with Gasteiger partial charge in [-0.15, -0.1) is 5.10 Å². The lowest BCUT2D eigenvalue weighted by molar-refractivity contribution is -0.113. The Balaban J connectivity index is 1.39. The molecule has 0 bridgehead atoms. The molecule has 32 heavy (non-hydrogen) atoms. The van der Waals surface area contributed by atoms with Crippen LogP contribution in [0.3, 0.4) is 0 Å². The molecule has 0 saturated heterocycles. The Kier molecular flexibility index (Phi) is 5.77. The first-order valence-corrected chi connectivity index (χ1v) is 11.8. The van der Waals surface area contributed by atoms with E-state index in [2.05, 4.69) is 38.7 Å². The van der Waals surface area contributed by atoms with Crippen molar-refractivity contribution in [3.63, 3.8) is 0 Å². The molecule has 0 saturated carbocycles. The second-order valence-corrected chi connectivity index (χ2v) is 8.70. The van der Waals surface area contributed by atoms with Gasteiger partial charge >= 0.3 is 0 Å². The Morgan fingerprint density at radius 2 is 1.97 bits per heavy atom. The number of thioether (sulfide) groups is 1. The fourth-order valence-electron chi connectivity index (χ4n) is 3.92. The van der Waals surface area contributed by atoms with Crippen molar-refractivity contribution < 1.29 is 4.79 Å². The number of nitrogens with zero attached hydrogens (tertiary/aromatic N) is 4. The van der Waals surface area contributed by atoms with E-state index in [1.807, 2.05) is 43.3 Å². The lowest BCUT2D eigenvalue weighted by Crippen LogP contribution is -2.17. The number of H-pyrrole nitrogens is 1. The maximum absolute atomic E-state index is 12.7. The Labute approximate surface area is 190 Å². The summed E-state index contributed by atoms with van der Waals surface area (Å²) >= 11 is 1.31. The molecule has 0 fully saturated rings. The second kappa shape index (κ2) is 9.00. The zero-order valence-electron chi connectivity index (χ0n) is 17.8. The average molecular weight is 445 g/mol. The van der Waals surface area contributed by atoms with Gasteiger partial charge in [0.1, 0.15) is 11.6 Å². The largest absolute Gasteiger partial charge is 0.310 e. The normalized spacial score (nSPS) is 12.7. The molecule has 0 unspecified atom stereocenters. The van der Waals surface area contributed by atoms with Crippen molar-refractivity contribution in [3.05, 3.63) is 71.5 Å². The summed E-state index contributed by atoms with van der Waals surface area (Å²) in [4.78, 5) is 17.0. The minimum Gasteiger partial charge on any atom is -0.310 e. The highest BCUT2D eigenvalue weighted by atomic mass is 32.2. The third-order valence-corrected chi connectivity index (χ3v) is 6.40. The van der Waals surface area contributed by atoms with E-state index in [0.29, 0.717) is 11.0 Å². The number of nitrogens with one attached hydrogen (secondary N) is 2. The van der Waals surface area contributed by atoms with E-state index in [1.54, 1.807) is 4.68 Å². The topological polar surface area (TPSA) is 88.5 Å². The van der Waals surface area contributed by atoms with Crippen LogP contribution in [0, 0.1) is 0 Å². The lowest BCUT2D eigenvalue weighted by atomic mass is 10.0. The number of rotatable bonds is 7. The van der Waals surface area contributed by atoms with E-state index >= 15 is 0 Å². The molecule has 1 aliphatic rings. The summed E-state index contributed by atoms with van der Waals surface area (Å²) in [5, 5.41) is 15.4. The van der Waals surface area contributed by atoms with E-state index in [1.165, 1.54) is 29.3 Å². The molecule has 2 aromatic heterocycles. The van der Waals surface area contributed by atoms with Crippen LogP contribution in [0.4, 0.5) is 5.82 Å². The fourth-order valence-corrected chi connectivity index (χ4v) is 4.54. The molecular formula is C24H24N6OS. The molecule has 0 spiro atoms. The SMILES string of the molecule is CCc1nc(SCC(=O)Nc2cc(-c3ccc4c(c3)CCC4)nn2-c2ccccc2)n[nH]1. The summed E-state index contributed by atoms with van der Waals surface area (Å²) in [6.07, 6.45) is 4.25. The monoisotopic (exact) mass is 444 g/mol. The van der Waals surface area contributed by atoms with E-state index in [4.69, 9.17) is 5.10 Å². The molecule has 1 amide bonds. The van der Waals surface area contributed by atoms with Crippen molar-refractivity contribution in [1.82, 2.24) is 25.0 Å². The zero-order valence-corrected chi connectivity index (χ0v) is 18.7. The number of fused-ring (bicyclic) bond motifs is 1. The van der Waals surface area contributed by atoms with Crippen molar-refractivity contribution in [2.24, 2.45) is 0 Å². The van der Waals surface area contributed by atoms with Gasteiger partial charge in [-0.3, -0.25) is 9.89 Å². The van der Waals surface area contributed by atoms with Crippen LogP contribution >= 0.6 is 11.8 Å². The van der Waals surface area contributed by atoms with Crippen molar-refractivity contribution in [2.45, 2.75) is 37.8 Å². The van der Waals surface area contributed by atoms with Gasteiger partial charge in [-0.25, -0.2) is 9.67 Å². The molecule has 2 heterocycles. The predicted octanol–water partition coefficient (Wildman–Crippen LogP) is 4.44. The highest BCUT2D eigenvalue weighted by Gasteiger charge is 2.17. The molecule has 1 aliphatic carbocycles. The Morgan fingerprint density at radius 1 is 1.12 bits per heavy atom. The molecule has 7 nitrogen and oxygen atoms in total. The van der Waals surface area contributed by atoms with Gasteiger partial charge in [0.05, 0.1) is 17.1 Å². The molecule has 0 radical (unpaired) electrons. The number of carbonyl (C=O) groups excluding carboxylic acids is 1. The molecular weight excluding hydrogens is 420 g/mol. The standard InChI is InChI=1S/C24H24N6OS/c1-2-21-25-24(28-27-21)32-15-23(31)26-22-14-20(29-30(22)19-9-4-3-5-10-19)18-12-11-16-7-6-8-17(16)13-18/h3-5,9-14H,2,6-8,15H2,1H3,(H,26,31)(H,25,27,28). The van der Waals surface area contributed by atoms with E-state index in [9.17, 15) is 4.79 Å². The molecule has 2 N–H and O–H groups in total. The Bertz CT molecular complexity index is 1250. The molecule has 162 valence electrons. The van der Waals surface area contributed by atoms with Crippen molar-refractivity contribution in [1.29, 1.82) is 0 Å². The van der Waals surface area contributed by atoms with Gasteiger partial charge in [-0.2, -0.15) is 5.10 Å². The molecule has 2 aromatic carbocycles. The van der Waals surface area contributed by atoms with Gasteiger partial charge in [-0.05, 0) is 48.6 Å². The van der Waals surface area contributed by atoms with Gasteiger partial charge in [0, 0.05) is 18.1 Å². The average Bonchev–Trinajstić information content (AvgIpc) is 3.57. The summed E-state index contributed by atoms with van der Waals surface area (Å²) < 4.78 is 1.78. The van der Waals surface area contributed by atoms with Crippen LogP contribution in [0.1, 0.15) is 30.3 Å². The lowest BCUT2D eigenvalue weighted by Gasteiger charge is -2.08. The van der Waals surface area contributed by atoms with Gasteiger partial charge < -0.3 is 5.32 Å². The Morgan fingerprint density at radius 3 is 2.78 bits per heavy atom. The Hall–Kier alpha value is -3.39. The van der Waals surface area contributed by atoms with Crippen LogP contribution in [0.25, 0.3) is 16.9 Å². The van der Waals surface area contributed by atoms with Crippen LogP contribution < -0.4 is 5.32 Å². The molecule has 0 aliphatic heterocycles. The summed E-state index contributed by atoms with van der Waals surface area (Å²) in [5.74, 6) is 1.54. The maximum atomic E-state index is 12.7.